The third-order valence-corrected chi connectivity index (χ3v) is 3.14. The SMILES string of the molecule is N#Cc1c(F)cccc1-c1nc(-c2ccc(Cl)cc2)no1. The number of halogens is 2. The number of rotatable bonds is 2. The fourth-order valence-corrected chi connectivity index (χ4v) is 1.99. The molecule has 3 aromatic rings. The van der Waals surface area contributed by atoms with Crippen LogP contribution < -0.4 is 0 Å². The molecule has 0 radical (unpaired) electrons. The maximum atomic E-state index is 13.6. The third kappa shape index (κ3) is 2.49. The van der Waals surface area contributed by atoms with Crippen molar-refractivity contribution in [2.75, 3.05) is 0 Å². The summed E-state index contributed by atoms with van der Waals surface area (Å²) in [6, 6.07) is 12.9. The van der Waals surface area contributed by atoms with E-state index in [0.29, 0.717) is 16.4 Å². The number of hydrogen-bond acceptors (Lipinski definition) is 4. The van der Waals surface area contributed by atoms with Crippen LogP contribution >= 0.6 is 11.6 Å². The van der Waals surface area contributed by atoms with E-state index in [4.69, 9.17) is 21.4 Å². The highest BCUT2D eigenvalue weighted by Crippen LogP contribution is 2.26. The van der Waals surface area contributed by atoms with Gasteiger partial charge in [0.1, 0.15) is 17.4 Å². The average molecular weight is 300 g/mol. The molecule has 0 atom stereocenters. The van der Waals surface area contributed by atoms with Crippen LogP contribution in [-0.2, 0) is 0 Å². The summed E-state index contributed by atoms with van der Waals surface area (Å²) in [7, 11) is 0. The lowest BCUT2D eigenvalue weighted by Gasteiger charge is -1.98. The summed E-state index contributed by atoms with van der Waals surface area (Å²) in [5, 5.41) is 13.5. The summed E-state index contributed by atoms with van der Waals surface area (Å²) in [5.74, 6) is -0.188. The van der Waals surface area contributed by atoms with E-state index in [1.165, 1.54) is 12.1 Å². The topological polar surface area (TPSA) is 62.7 Å². The zero-order chi connectivity index (χ0) is 14.8. The Labute approximate surface area is 124 Å². The van der Waals surface area contributed by atoms with E-state index in [1.807, 2.05) is 0 Å². The summed E-state index contributed by atoms with van der Waals surface area (Å²) in [6.07, 6.45) is 0. The van der Waals surface area contributed by atoms with Gasteiger partial charge < -0.3 is 4.52 Å². The van der Waals surface area contributed by atoms with Crippen LogP contribution in [0.1, 0.15) is 5.56 Å². The van der Waals surface area contributed by atoms with Crippen molar-refractivity contribution in [3.05, 3.63) is 58.9 Å². The Morgan fingerprint density at radius 3 is 2.62 bits per heavy atom. The lowest BCUT2D eigenvalue weighted by molar-refractivity contribution is 0.432. The smallest absolute Gasteiger partial charge is 0.259 e. The second kappa shape index (κ2) is 5.35. The lowest BCUT2D eigenvalue weighted by atomic mass is 10.1. The van der Waals surface area contributed by atoms with Gasteiger partial charge in [-0.05, 0) is 36.4 Å². The van der Waals surface area contributed by atoms with Gasteiger partial charge in [-0.25, -0.2) is 4.39 Å². The zero-order valence-electron chi connectivity index (χ0n) is 10.5. The number of hydrogen-bond donors (Lipinski definition) is 0. The minimum Gasteiger partial charge on any atom is -0.334 e. The van der Waals surface area contributed by atoms with Crippen LogP contribution in [0.5, 0.6) is 0 Å². The van der Waals surface area contributed by atoms with Gasteiger partial charge in [-0.15, -0.1) is 0 Å². The molecule has 0 N–H and O–H groups in total. The lowest BCUT2D eigenvalue weighted by Crippen LogP contribution is -1.89. The standard InChI is InChI=1S/C15H7ClFN3O/c16-10-6-4-9(5-7-10)14-19-15(21-20-14)11-2-1-3-13(17)12(11)8-18/h1-7H. The van der Waals surface area contributed by atoms with Crippen molar-refractivity contribution in [3.63, 3.8) is 0 Å². The van der Waals surface area contributed by atoms with Gasteiger partial charge in [0.05, 0.1) is 5.56 Å². The minimum absolute atomic E-state index is 0.0935. The molecule has 6 heteroatoms. The normalized spacial score (nSPS) is 10.3. The molecule has 102 valence electrons. The molecule has 0 unspecified atom stereocenters. The highest BCUT2D eigenvalue weighted by molar-refractivity contribution is 6.30. The molecule has 0 saturated carbocycles. The highest BCUT2D eigenvalue weighted by atomic mass is 35.5. The van der Waals surface area contributed by atoms with E-state index in [1.54, 1.807) is 36.4 Å². The molecule has 4 nitrogen and oxygen atoms in total. The Morgan fingerprint density at radius 2 is 1.90 bits per heavy atom. The fourth-order valence-electron chi connectivity index (χ4n) is 1.87. The Morgan fingerprint density at radius 1 is 1.14 bits per heavy atom. The first-order chi connectivity index (χ1) is 10.2. The van der Waals surface area contributed by atoms with Gasteiger partial charge in [-0.3, -0.25) is 0 Å². The predicted octanol–water partition coefficient (Wildman–Crippen LogP) is 4.07. The van der Waals surface area contributed by atoms with Crippen LogP contribution in [0, 0.1) is 17.1 Å². The summed E-state index contributed by atoms with van der Waals surface area (Å²) in [5.41, 5.74) is 0.860. The average Bonchev–Trinajstić information content (AvgIpc) is 2.97. The second-order valence-corrected chi connectivity index (χ2v) is 4.64. The summed E-state index contributed by atoms with van der Waals surface area (Å²) < 4.78 is 18.7. The van der Waals surface area contributed by atoms with Crippen molar-refractivity contribution in [1.82, 2.24) is 10.1 Å². The number of benzene rings is 2. The summed E-state index contributed by atoms with van der Waals surface area (Å²) in [4.78, 5) is 4.19. The van der Waals surface area contributed by atoms with Gasteiger partial charge in [-0.1, -0.05) is 22.8 Å². The molecule has 1 heterocycles. The van der Waals surface area contributed by atoms with Crippen molar-refractivity contribution in [1.29, 1.82) is 5.26 Å². The first-order valence-electron chi connectivity index (χ1n) is 5.97. The quantitative estimate of drug-likeness (QED) is 0.715. The van der Waals surface area contributed by atoms with Crippen molar-refractivity contribution < 1.29 is 8.91 Å². The van der Waals surface area contributed by atoms with Gasteiger partial charge in [0.15, 0.2) is 0 Å². The summed E-state index contributed by atoms with van der Waals surface area (Å²) >= 11 is 5.82. The van der Waals surface area contributed by atoms with E-state index in [-0.39, 0.29) is 17.0 Å². The van der Waals surface area contributed by atoms with E-state index in [9.17, 15) is 4.39 Å². The Kier molecular flexibility index (Phi) is 3.38. The monoisotopic (exact) mass is 299 g/mol. The van der Waals surface area contributed by atoms with Crippen molar-refractivity contribution in [2.45, 2.75) is 0 Å². The highest BCUT2D eigenvalue weighted by Gasteiger charge is 2.16. The molecular weight excluding hydrogens is 293 g/mol. The molecule has 0 saturated heterocycles. The van der Waals surface area contributed by atoms with Gasteiger partial charge in [0, 0.05) is 10.6 Å². The third-order valence-electron chi connectivity index (χ3n) is 2.88. The van der Waals surface area contributed by atoms with Crippen LogP contribution in [0.3, 0.4) is 0 Å². The Balaban J connectivity index is 2.05. The molecule has 0 bridgehead atoms. The number of aromatic nitrogens is 2. The first-order valence-corrected chi connectivity index (χ1v) is 6.35. The molecule has 0 fully saturated rings. The predicted molar refractivity (Wildman–Crippen MR) is 74.9 cm³/mol. The molecule has 21 heavy (non-hydrogen) atoms. The van der Waals surface area contributed by atoms with Gasteiger partial charge in [-0.2, -0.15) is 10.2 Å². The largest absolute Gasteiger partial charge is 0.334 e. The van der Waals surface area contributed by atoms with Crippen LogP contribution in [0.15, 0.2) is 47.0 Å². The molecule has 0 spiro atoms. The van der Waals surface area contributed by atoms with Crippen LogP contribution in [-0.4, -0.2) is 10.1 Å². The molecule has 1 aromatic heterocycles. The van der Waals surface area contributed by atoms with E-state index in [0.717, 1.165) is 0 Å². The maximum absolute atomic E-state index is 13.6. The zero-order valence-corrected chi connectivity index (χ0v) is 11.3. The molecule has 2 aromatic carbocycles. The van der Waals surface area contributed by atoms with Crippen LogP contribution in [0.4, 0.5) is 4.39 Å². The van der Waals surface area contributed by atoms with Crippen molar-refractivity contribution in [3.8, 4) is 28.9 Å². The maximum Gasteiger partial charge on any atom is 0.259 e. The molecule has 0 amide bonds. The van der Waals surface area contributed by atoms with Gasteiger partial charge in [0.2, 0.25) is 5.82 Å². The van der Waals surface area contributed by atoms with E-state index in [2.05, 4.69) is 10.1 Å². The molecule has 3 rings (SSSR count). The fraction of sp³-hybridized carbons (Fsp3) is 0. The minimum atomic E-state index is -0.624. The second-order valence-electron chi connectivity index (χ2n) is 4.20. The number of nitriles is 1. The van der Waals surface area contributed by atoms with E-state index >= 15 is 0 Å². The number of nitrogens with zero attached hydrogens (tertiary/aromatic N) is 3. The first kappa shape index (κ1) is 13.3. The van der Waals surface area contributed by atoms with Gasteiger partial charge in [0.25, 0.3) is 5.89 Å². The van der Waals surface area contributed by atoms with Crippen molar-refractivity contribution >= 4 is 11.6 Å². The van der Waals surface area contributed by atoms with E-state index < -0.39 is 5.82 Å². The molecular formula is C15H7ClFN3O. The molecule has 0 aliphatic rings. The summed E-state index contributed by atoms with van der Waals surface area (Å²) in [6.45, 7) is 0. The van der Waals surface area contributed by atoms with Crippen molar-refractivity contribution in [2.24, 2.45) is 0 Å². The molecule has 0 aliphatic carbocycles. The Bertz CT molecular complexity index is 837. The van der Waals surface area contributed by atoms with Crippen LogP contribution in [0.2, 0.25) is 5.02 Å². The van der Waals surface area contributed by atoms with Gasteiger partial charge >= 0.3 is 0 Å². The van der Waals surface area contributed by atoms with Crippen LogP contribution in [0.25, 0.3) is 22.8 Å². The Hall–Kier alpha value is -2.71. The molecule has 0 aliphatic heterocycles.